The molecule has 0 aliphatic heterocycles. The van der Waals surface area contributed by atoms with Crippen LogP contribution in [0.2, 0.25) is 0 Å². The Hall–Kier alpha value is -1.32. The van der Waals surface area contributed by atoms with Gasteiger partial charge in [0.25, 0.3) is 0 Å². The summed E-state index contributed by atoms with van der Waals surface area (Å²) < 4.78 is 9.90. The molecule has 0 N–H and O–H groups in total. The van der Waals surface area contributed by atoms with E-state index in [-0.39, 0.29) is 18.0 Å². The van der Waals surface area contributed by atoms with Gasteiger partial charge in [0.05, 0.1) is 6.61 Å². The molecule has 0 fully saturated rings. The van der Waals surface area contributed by atoms with E-state index in [0.717, 1.165) is 0 Å². The highest BCUT2D eigenvalue weighted by atomic mass is 16.5. The number of hydrogen-bond acceptors (Lipinski definition) is 4. The third-order valence-electron chi connectivity index (χ3n) is 2.15. The normalized spacial score (nSPS) is 11.6. The molecule has 0 aromatic carbocycles. The molecular formula is C13H22O4. The topological polar surface area (TPSA) is 52.6 Å². The largest absolute Gasteiger partial charge is 0.466 e. The van der Waals surface area contributed by atoms with Crippen LogP contribution in [0.15, 0.2) is 12.7 Å². The monoisotopic (exact) mass is 242 g/mol. The van der Waals surface area contributed by atoms with Gasteiger partial charge in [0.1, 0.15) is 6.10 Å². The second-order valence-electron chi connectivity index (χ2n) is 3.84. The first-order valence-corrected chi connectivity index (χ1v) is 6.06. The van der Waals surface area contributed by atoms with E-state index in [1.54, 1.807) is 13.0 Å². The van der Waals surface area contributed by atoms with E-state index in [1.165, 1.54) is 0 Å². The van der Waals surface area contributed by atoms with Crippen molar-refractivity contribution in [3.8, 4) is 0 Å². The zero-order valence-corrected chi connectivity index (χ0v) is 10.7. The second-order valence-corrected chi connectivity index (χ2v) is 3.84. The lowest BCUT2D eigenvalue weighted by Gasteiger charge is -2.10. The minimum atomic E-state index is -0.219. The predicted molar refractivity (Wildman–Crippen MR) is 65.5 cm³/mol. The van der Waals surface area contributed by atoms with E-state index in [9.17, 15) is 9.59 Å². The van der Waals surface area contributed by atoms with Crippen molar-refractivity contribution in [1.82, 2.24) is 0 Å². The van der Waals surface area contributed by atoms with Crippen LogP contribution < -0.4 is 0 Å². The van der Waals surface area contributed by atoms with E-state index in [1.807, 2.05) is 6.92 Å². The first-order valence-electron chi connectivity index (χ1n) is 6.06. The Morgan fingerprint density at radius 2 is 1.82 bits per heavy atom. The van der Waals surface area contributed by atoms with Crippen LogP contribution in [-0.4, -0.2) is 24.6 Å². The van der Waals surface area contributed by atoms with Gasteiger partial charge in [0, 0.05) is 19.3 Å². The lowest BCUT2D eigenvalue weighted by atomic mass is 10.2. The van der Waals surface area contributed by atoms with Gasteiger partial charge in [-0.2, -0.15) is 0 Å². The van der Waals surface area contributed by atoms with Crippen LogP contribution in [0.25, 0.3) is 0 Å². The smallest absolute Gasteiger partial charge is 0.306 e. The molecule has 4 heteroatoms. The van der Waals surface area contributed by atoms with Gasteiger partial charge in [0.2, 0.25) is 0 Å². The van der Waals surface area contributed by atoms with Gasteiger partial charge in [-0.15, -0.1) is 6.58 Å². The molecule has 0 aromatic rings. The fourth-order valence-corrected chi connectivity index (χ4v) is 1.34. The first-order chi connectivity index (χ1) is 8.10. The van der Waals surface area contributed by atoms with E-state index >= 15 is 0 Å². The van der Waals surface area contributed by atoms with Crippen LogP contribution in [0.3, 0.4) is 0 Å². The zero-order valence-electron chi connectivity index (χ0n) is 10.7. The summed E-state index contributed by atoms with van der Waals surface area (Å²) in [4.78, 5) is 22.3. The Labute approximate surface area is 103 Å². The quantitative estimate of drug-likeness (QED) is 0.354. The summed E-state index contributed by atoms with van der Waals surface area (Å²) in [6, 6.07) is 0. The number of carbonyl (C=O) groups excluding carboxylic acids is 2. The van der Waals surface area contributed by atoms with Gasteiger partial charge in [-0.25, -0.2) is 0 Å². The minimum absolute atomic E-state index is 0.120. The van der Waals surface area contributed by atoms with Gasteiger partial charge in [-0.1, -0.05) is 6.08 Å². The summed E-state index contributed by atoms with van der Waals surface area (Å²) in [6.07, 6.45) is 4.28. The van der Waals surface area contributed by atoms with Crippen LogP contribution in [0.1, 0.15) is 46.0 Å². The SMILES string of the molecule is C=CCC(C)OC(=O)CCCCC(=O)OCC. The summed E-state index contributed by atoms with van der Waals surface area (Å²) in [5.74, 6) is -0.427. The third-order valence-corrected chi connectivity index (χ3v) is 2.15. The first kappa shape index (κ1) is 15.7. The maximum Gasteiger partial charge on any atom is 0.306 e. The fourth-order valence-electron chi connectivity index (χ4n) is 1.34. The standard InChI is InChI=1S/C13H22O4/c1-4-8-11(3)17-13(15)10-7-6-9-12(14)16-5-2/h4,11H,1,5-10H2,2-3H3. The van der Waals surface area contributed by atoms with Crippen LogP contribution in [0.4, 0.5) is 0 Å². The lowest BCUT2D eigenvalue weighted by molar-refractivity contribution is -0.149. The minimum Gasteiger partial charge on any atom is -0.466 e. The van der Waals surface area contributed by atoms with Crippen molar-refractivity contribution >= 4 is 11.9 Å². The molecule has 0 aliphatic rings. The molecule has 17 heavy (non-hydrogen) atoms. The van der Waals surface area contributed by atoms with Gasteiger partial charge < -0.3 is 9.47 Å². The van der Waals surface area contributed by atoms with Crippen LogP contribution in [0.5, 0.6) is 0 Å². The molecule has 0 radical (unpaired) electrons. The summed E-state index contributed by atoms with van der Waals surface area (Å²) in [5.41, 5.74) is 0. The second kappa shape index (κ2) is 9.87. The average molecular weight is 242 g/mol. The molecule has 0 aliphatic carbocycles. The van der Waals surface area contributed by atoms with Gasteiger partial charge in [-0.05, 0) is 26.7 Å². The molecule has 0 amide bonds. The molecule has 0 heterocycles. The van der Waals surface area contributed by atoms with Crippen molar-refractivity contribution < 1.29 is 19.1 Å². The van der Waals surface area contributed by atoms with Crippen molar-refractivity contribution in [3.05, 3.63) is 12.7 Å². The van der Waals surface area contributed by atoms with Gasteiger partial charge >= 0.3 is 11.9 Å². The summed E-state index contributed by atoms with van der Waals surface area (Å²) in [7, 11) is 0. The van der Waals surface area contributed by atoms with Crippen LogP contribution in [0, 0.1) is 0 Å². The van der Waals surface area contributed by atoms with Crippen molar-refractivity contribution in [2.24, 2.45) is 0 Å². The maximum atomic E-state index is 11.3. The molecule has 0 bridgehead atoms. The maximum absolute atomic E-state index is 11.3. The number of carbonyl (C=O) groups is 2. The van der Waals surface area contributed by atoms with Gasteiger partial charge in [0.15, 0.2) is 0 Å². The molecule has 98 valence electrons. The van der Waals surface area contributed by atoms with E-state index < -0.39 is 0 Å². The van der Waals surface area contributed by atoms with E-state index in [4.69, 9.17) is 9.47 Å². The summed E-state index contributed by atoms with van der Waals surface area (Å²) in [6.45, 7) is 7.59. The number of hydrogen-bond donors (Lipinski definition) is 0. The molecule has 1 unspecified atom stereocenters. The van der Waals surface area contributed by atoms with Crippen molar-refractivity contribution in [3.63, 3.8) is 0 Å². The average Bonchev–Trinajstić information content (AvgIpc) is 2.25. The predicted octanol–water partition coefficient (Wildman–Crippen LogP) is 2.62. The molecule has 0 aromatic heterocycles. The molecule has 0 saturated heterocycles. The summed E-state index contributed by atoms with van der Waals surface area (Å²) >= 11 is 0. The molecule has 1 atom stereocenters. The zero-order chi connectivity index (χ0) is 13.1. The lowest BCUT2D eigenvalue weighted by Crippen LogP contribution is -2.14. The Balaban J connectivity index is 3.51. The molecular weight excluding hydrogens is 220 g/mol. The Bertz CT molecular complexity index is 248. The van der Waals surface area contributed by atoms with Crippen LogP contribution >= 0.6 is 0 Å². The number of unbranched alkanes of at least 4 members (excludes halogenated alkanes) is 1. The highest BCUT2D eigenvalue weighted by Crippen LogP contribution is 2.06. The van der Waals surface area contributed by atoms with Gasteiger partial charge in [-0.3, -0.25) is 9.59 Å². The van der Waals surface area contributed by atoms with Crippen molar-refractivity contribution in [2.75, 3.05) is 6.61 Å². The van der Waals surface area contributed by atoms with Crippen molar-refractivity contribution in [1.29, 1.82) is 0 Å². The number of rotatable bonds is 9. The van der Waals surface area contributed by atoms with Crippen LogP contribution in [-0.2, 0) is 19.1 Å². The number of esters is 2. The fraction of sp³-hybridized carbons (Fsp3) is 0.692. The molecule has 4 nitrogen and oxygen atoms in total. The highest BCUT2D eigenvalue weighted by molar-refractivity contribution is 5.70. The highest BCUT2D eigenvalue weighted by Gasteiger charge is 2.08. The Kier molecular flexibility index (Phi) is 9.11. The Morgan fingerprint density at radius 1 is 1.24 bits per heavy atom. The molecule has 0 saturated carbocycles. The molecule has 0 rings (SSSR count). The van der Waals surface area contributed by atoms with E-state index in [0.29, 0.717) is 38.7 Å². The Morgan fingerprint density at radius 3 is 2.35 bits per heavy atom. The molecule has 0 spiro atoms. The third kappa shape index (κ3) is 9.60. The number of ether oxygens (including phenoxy) is 2. The van der Waals surface area contributed by atoms with Crippen molar-refractivity contribution in [2.45, 2.75) is 52.1 Å². The van der Waals surface area contributed by atoms with E-state index in [2.05, 4.69) is 6.58 Å². The summed E-state index contributed by atoms with van der Waals surface area (Å²) in [5, 5.41) is 0.